The molecule has 0 aliphatic carbocycles. The van der Waals surface area contributed by atoms with Crippen LogP contribution in [-0.4, -0.2) is 38.6 Å². The van der Waals surface area contributed by atoms with Crippen molar-refractivity contribution >= 4 is 17.4 Å². The van der Waals surface area contributed by atoms with Crippen LogP contribution in [0.15, 0.2) is 72.8 Å². The molecule has 3 rings (SSSR count). The van der Waals surface area contributed by atoms with E-state index in [-0.39, 0.29) is 30.4 Å². The Hall–Kier alpha value is -3.85. The fraction of sp³-hybridized carbons (Fsp3) is 0.200. The summed E-state index contributed by atoms with van der Waals surface area (Å²) in [5.74, 6) is -0.446. The third-order valence-electron chi connectivity index (χ3n) is 4.65. The first-order chi connectivity index (χ1) is 16.3. The first kappa shape index (κ1) is 24.8. The summed E-state index contributed by atoms with van der Waals surface area (Å²) in [6.45, 7) is -0.144. The van der Waals surface area contributed by atoms with Gasteiger partial charge < -0.3 is 19.5 Å². The van der Waals surface area contributed by atoms with Gasteiger partial charge in [0.2, 0.25) is 0 Å². The van der Waals surface area contributed by atoms with Crippen LogP contribution in [0.25, 0.3) is 0 Å². The van der Waals surface area contributed by atoms with E-state index >= 15 is 0 Å². The Morgan fingerprint density at radius 3 is 2.18 bits per heavy atom. The Bertz CT molecular complexity index is 1120. The first-order valence-corrected chi connectivity index (χ1v) is 10.2. The molecule has 1 amide bonds. The number of alkyl halides is 3. The Kier molecular flexibility index (Phi) is 8.26. The van der Waals surface area contributed by atoms with Crippen LogP contribution >= 0.6 is 0 Å². The number of hydrogen-bond donors (Lipinski definition) is 1. The number of anilines is 1. The molecule has 9 heteroatoms. The zero-order chi connectivity index (χ0) is 24.6. The van der Waals surface area contributed by atoms with E-state index in [1.54, 1.807) is 36.4 Å². The lowest BCUT2D eigenvalue weighted by Gasteiger charge is -2.15. The minimum absolute atomic E-state index is 0.0715. The summed E-state index contributed by atoms with van der Waals surface area (Å²) in [5, 5.41) is 2.39. The van der Waals surface area contributed by atoms with Gasteiger partial charge >= 0.3 is 6.18 Å². The van der Waals surface area contributed by atoms with Crippen LogP contribution < -0.4 is 14.8 Å². The van der Waals surface area contributed by atoms with Crippen molar-refractivity contribution in [2.45, 2.75) is 6.18 Å². The van der Waals surface area contributed by atoms with Gasteiger partial charge in [0.1, 0.15) is 18.1 Å². The molecule has 0 saturated carbocycles. The summed E-state index contributed by atoms with van der Waals surface area (Å²) in [6.07, 6.45) is -4.58. The van der Waals surface area contributed by atoms with Gasteiger partial charge in [-0.2, -0.15) is 13.2 Å². The van der Waals surface area contributed by atoms with Gasteiger partial charge in [0, 0.05) is 18.2 Å². The predicted molar refractivity (Wildman–Crippen MR) is 119 cm³/mol. The van der Waals surface area contributed by atoms with Crippen LogP contribution in [0.1, 0.15) is 21.5 Å². The summed E-state index contributed by atoms with van der Waals surface area (Å²) in [6, 6.07) is 17.8. The molecule has 178 valence electrons. The van der Waals surface area contributed by atoms with Crippen molar-refractivity contribution in [3.8, 4) is 11.5 Å². The molecule has 0 saturated heterocycles. The lowest BCUT2D eigenvalue weighted by molar-refractivity contribution is -0.137. The van der Waals surface area contributed by atoms with Gasteiger partial charge in [-0.05, 0) is 42.5 Å². The summed E-state index contributed by atoms with van der Waals surface area (Å²) in [4.78, 5) is 24.8. The molecule has 0 atom stereocenters. The highest BCUT2D eigenvalue weighted by atomic mass is 19.4. The van der Waals surface area contributed by atoms with Crippen LogP contribution in [0.4, 0.5) is 18.9 Å². The fourth-order valence-corrected chi connectivity index (χ4v) is 2.96. The molecule has 0 fully saturated rings. The number of carbonyl (C=O) groups excluding carboxylic acids is 2. The van der Waals surface area contributed by atoms with E-state index in [2.05, 4.69) is 5.32 Å². The zero-order valence-corrected chi connectivity index (χ0v) is 18.2. The average Bonchev–Trinajstić information content (AvgIpc) is 2.83. The van der Waals surface area contributed by atoms with E-state index in [0.717, 1.165) is 18.2 Å². The maximum absolute atomic E-state index is 13.1. The standard InChI is InChI=1S/C25H22F3NO5/c1-32-13-14-33-22-12-9-19(25(26,27)28)15-21(22)29-23(30)16-34-20-10-7-18(8-11-20)24(31)17-5-3-2-4-6-17/h2-12,15H,13-14,16H2,1H3,(H,29,30). The number of rotatable bonds is 10. The molecular weight excluding hydrogens is 451 g/mol. The first-order valence-electron chi connectivity index (χ1n) is 10.2. The topological polar surface area (TPSA) is 73.9 Å². The van der Waals surface area contributed by atoms with E-state index in [1.807, 2.05) is 6.07 Å². The van der Waals surface area contributed by atoms with E-state index in [4.69, 9.17) is 14.2 Å². The van der Waals surface area contributed by atoms with Crippen LogP contribution in [0.3, 0.4) is 0 Å². The number of carbonyl (C=O) groups is 2. The molecule has 0 spiro atoms. The number of benzene rings is 3. The lowest BCUT2D eigenvalue weighted by atomic mass is 10.0. The quantitative estimate of drug-likeness (QED) is 0.332. The van der Waals surface area contributed by atoms with Crippen LogP contribution in [0.5, 0.6) is 11.5 Å². The monoisotopic (exact) mass is 473 g/mol. The lowest BCUT2D eigenvalue weighted by Crippen LogP contribution is -2.21. The SMILES string of the molecule is COCCOc1ccc(C(F)(F)F)cc1NC(=O)COc1ccc(C(=O)c2ccccc2)cc1. The van der Waals surface area contributed by atoms with Crippen molar-refractivity contribution in [3.05, 3.63) is 89.5 Å². The molecule has 6 nitrogen and oxygen atoms in total. The number of nitrogens with one attached hydrogen (secondary N) is 1. The van der Waals surface area contributed by atoms with E-state index in [0.29, 0.717) is 16.9 Å². The van der Waals surface area contributed by atoms with Crippen molar-refractivity contribution < 1.29 is 37.0 Å². The van der Waals surface area contributed by atoms with Gasteiger partial charge in [-0.15, -0.1) is 0 Å². The van der Waals surface area contributed by atoms with Gasteiger partial charge in [-0.3, -0.25) is 9.59 Å². The van der Waals surface area contributed by atoms with Gasteiger partial charge in [-0.25, -0.2) is 0 Å². The number of methoxy groups -OCH3 is 1. The number of ketones is 1. The second-order valence-electron chi connectivity index (χ2n) is 7.11. The molecule has 3 aromatic rings. The number of hydrogen-bond acceptors (Lipinski definition) is 5. The summed E-state index contributed by atoms with van der Waals surface area (Å²) < 4.78 is 54.9. The molecular formula is C25H22F3NO5. The minimum atomic E-state index is -4.58. The van der Waals surface area contributed by atoms with Gasteiger partial charge in [0.15, 0.2) is 12.4 Å². The summed E-state index contributed by atoms with van der Waals surface area (Å²) in [7, 11) is 1.46. The smallest absolute Gasteiger partial charge is 0.416 e. The Morgan fingerprint density at radius 2 is 1.53 bits per heavy atom. The van der Waals surface area contributed by atoms with Crippen molar-refractivity contribution in [1.29, 1.82) is 0 Å². The van der Waals surface area contributed by atoms with Gasteiger partial charge in [-0.1, -0.05) is 30.3 Å². The van der Waals surface area contributed by atoms with E-state index < -0.39 is 24.3 Å². The van der Waals surface area contributed by atoms with E-state index in [9.17, 15) is 22.8 Å². The molecule has 0 aromatic heterocycles. The van der Waals surface area contributed by atoms with Crippen LogP contribution in [-0.2, 0) is 15.7 Å². The number of amides is 1. The second-order valence-corrected chi connectivity index (χ2v) is 7.11. The maximum atomic E-state index is 13.1. The summed E-state index contributed by atoms with van der Waals surface area (Å²) >= 11 is 0. The third kappa shape index (κ3) is 6.82. The highest BCUT2D eigenvalue weighted by molar-refractivity contribution is 6.09. The highest BCUT2D eigenvalue weighted by Crippen LogP contribution is 2.35. The fourth-order valence-electron chi connectivity index (χ4n) is 2.96. The van der Waals surface area contributed by atoms with Crippen molar-refractivity contribution in [2.24, 2.45) is 0 Å². The normalized spacial score (nSPS) is 11.1. The molecule has 3 aromatic carbocycles. The third-order valence-corrected chi connectivity index (χ3v) is 4.65. The van der Waals surface area contributed by atoms with Crippen molar-refractivity contribution in [2.75, 3.05) is 32.2 Å². The molecule has 0 aliphatic heterocycles. The molecule has 0 aliphatic rings. The van der Waals surface area contributed by atoms with Crippen LogP contribution in [0, 0.1) is 0 Å². The van der Waals surface area contributed by atoms with Gasteiger partial charge in [0.25, 0.3) is 5.91 Å². The molecule has 0 unspecified atom stereocenters. The molecule has 34 heavy (non-hydrogen) atoms. The largest absolute Gasteiger partial charge is 0.489 e. The molecule has 0 bridgehead atoms. The maximum Gasteiger partial charge on any atom is 0.416 e. The van der Waals surface area contributed by atoms with E-state index in [1.165, 1.54) is 19.2 Å². The van der Waals surface area contributed by atoms with Gasteiger partial charge in [0.05, 0.1) is 17.9 Å². The second kappa shape index (κ2) is 11.3. The Labute approximate surface area is 194 Å². The zero-order valence-electron chi connectivity index (χ0n) is 18.2. The highest BCUT2D eigenvalue weighted by Gasteiger charge is 2.31. The molecule has 0 radical (unpaired) electrons. The number of ether oxygens (including phenoxy) is 3. The summed E-state index contributed by atoms with van der Waals surface area (Å²) in [5.41, 5.74) is -0.0743. The molecule has 0 heterocycles. The molecule has 1 N–H and O–H groups in total. The predicted octanol–water partition coefficient (Wildman–Crippen LogP) is 4.98. The Balaban J connectivity index is 1.63. The average molecular weight is 473 g/mol. The number of halogens is 3. The Morgan fingerprint density at radius 1 is 0.853 bits per heavy atom. The van der Waals surface area contributed by atoms with Crippen LogP contribution in [0.2, 0.25) is 0 Å². The minimum Gasteiger partial charge on any atom is -0.489 e. The van der Waals surface area contributed by atoms with Crippen molar-refractivity contribution in [3.63, 3.8) is 0 Å². The van der Waals surface area contributed by atoms with Crippen molar-refractivity contribution in [1.82, 2.24) is 0 Å².